The number of carbonyl (C=O) groups excluding carboxylic acids is 1. The van der Waals surface area contributed by atoms with Crippen molar-refractivity contribution in [2.75, 3.05) is 6.61 Å². The summed E-state index contributed by atoms with van der Waals surface area (Å²) in [5, 5.41) is 8.79. The van der Waals surface area contributed by atoms with Crippen molar-refractivity contribution in [1.82, 2.24) is 0 Å². The predicted molar refractivity (Wildman–Crippen MR) is 61.1 cm³/mol. The normalized spacial score (nSPS) is 18.4. The smallest absolute Gasteiger partial charge is 0.223 e. The van der Waals surface area contributed by atoms with Crippen LogP contribution in [0.5, 0.6) is 5.75 Å². The molecule has 0 saturated carbocycles. The second kappa shape index (κ2) is 4.81. The van der Waals surface area contributed by atoms with E-state index >= 15 is 0 Å². The first kappa shape index (κ1) is 11.4. The van der Waals surface area contributed by atoms with Gasteiger partial charge in [0, 0.05) is 0 Å². The van der Waals surface area contributed by atoms with E-state index in [4.69, 9.17) is 14.7 Å². The molecule has 1 aliphatic rings. The number of rotatable bonds is 4. The molecule has 0 aromatic heterocycles. The average molecular weight is 229 g/mol. The molecule has 17 heavy (non-hydrogen) atoms. The highest BCUT2D eigenvalue weighted by Crippen LogP contribution is 2.21. The third kappa shape index (κ3) is 3.16. The zero-order valence-electron chi connectivity index (χ0n) is 9.34. The Morgan fingerprint density at radius 2 is 2.41 bits per heavy atom. The molecule has 0 radical (unpaired) electrons. The average Bonchev–Trinajstić information content (AvgIpc) is 3.10. The van der Waals surface area contributed by atoms with E-state index in [-0.39, 0.29) is 17.6 Å². The lowest BCUT2D eigenvalue weighted by atomic mass is 10.1. The Bertz CT molecular complexity index is 510. The maximum atomic E-state index is 11.1. The van der Waals surface area contributed by atoms with Crippen molar-refractivity contribution >= 4 is 11.9 Å². The molecule has 0 bridgehead atoms. The fourth-order valence-corrected chi connectivity index (χ4v) is 1.32. The molecule has 4 heteroatoms. The molecule has 1 unspecified atom stereocenters. The van der Waals surface area contributed by atoms with Gasteiger partial charge in [-0.25, -0.2) is 0 Å². The van der Waals surface area contributed by atoms with Crippen LogP contribution < -0.4 is 4.74 Å². The molecule has 0 spiro atoms. The van der Waals surface area contributed by atoms with E-state index in [1.807, 2.05) is 6.07 Å². The predicted octanol–water partition coefficient (Wildman–Crippen LogP) is 1.92. The Kier molecular flexibility index (Phi) is 3.22. The standard InChI is InChI=1S/C13H11NO3/c1-9(15)11(7-14)5-10-3-2-4-12(6-10)17-13-8-16-13/h2-6,13H,8H2,1H3. The van der Waals surface area contributed by atoms with Crippen molar-refractivity contribution in [3.63, 3.8) is 0 Å². The molecule has 0 aliphatic carbocycles. The number of carbonyl (C=O) groups is 1. The van der Waals surface area contributed by atoms with E-state index in [9.17, 15) is 4.79 Å². The van der Waals surface area contributed by atoms with Gasteiger partial charge in [-0.05, 0) is 30.7 Å². The Morgan fingerprint density at radius 3 is 3.00 bits per heavy atom. The number of nitriles is 1. The molecule has 1 saturated heterocycles. The molecule has 0 N–H and O–H groups in total. The van der Waals surface area contributed by atoms with Crippen molar-refractivity contribution in [1.29, 1.82) is 5.26 Å². The van der Waals surface area contributed by atoms with Gasteiger partial charge in [-0.2, -0.15) is 5.26 Å². The number of hydrogen-bond donors (Lipinski definition) is 0. The molecule has 1 aromatic carbocycles. The van der Waals surface area contributed by atoms with Crippen LogP contribution in [0.4, 0.5) is 0 Å². The van der Waals surface area contributed by atoms with Crippen LogP contribution in [0.25, 0.3) is 6.08 Å². The summed E-state index contributed by atoms with van der Waals surface area (Å²) in [6.07, 6.45) is 1.39. The largest absolute Gasteiger partial charge is 0.462 e. The van der Waals surface area contributed by atoms with Gasteiger partial charge in [0.05, 0.1) is 5.57 Å². The summed E-state index contributed by atoms with van der Waals surface area (Å²) in [5.74, 6) is 0.423. The molecule has 1 heterocycles. The summed E-state index contributed by atoms with van der Waals surface area (Å²) in [6.45, 7) is 1.98. The topological polar surface area (TPSA) is 62.6 Å². The minimum atomic E-state index is -0.246. The van der Waals surface area contributed by atoms with Crippen molar-refractivity contribution < 1.29 is 14.3 Å². The highest BCUT2D eigenvalue weighted by molar-refractivity contribution is 6.01. The first-order valence-corrected chi connectivity index (χ1v) is 5.20. The van der Waals surface area contributed by atoms with Gasteiger partial charge in [0.1, 0.15) is 18.4 Å². The number of allylic oxidation sites excluding steroid dienone is 1. The third-order valence-electron chi connectivity index (χ3n) is 2.24. The zero-order valence-corrected chi connectivity index (χ0v) is 9.34. The van der Waals surface area contributed by atoms with Crippen molar-refractivity contribution in [3.8, 4) is 11.8 Å². The van der Waals surface area contributed by atoms with Crippen LogP contribution in [0.15, 0.2) is 29.8 Å². The number of benzene rings is 1. The summed E-state index contributed by atoms with van der Waals surface area (Å²) in [5.41, 5.74) is 0.889. The summed E-state index contributed by atoms with van der Waals surface area (Å²) < 4.78 is 10.4. The lowest BCUT2D eigenvalue weighted by Crippen LogP contribution is -1.98. The first-order chi connectivity index (χ1) is 8.19. The van der Waals surface area contributed by atoms with Gasteiger partial charge in [0.25, 0.3) is 0 Å². The number of nitrogens with zero attached hydrogens (tertiary/aromatic N) is 1. The number of Topliss-reactive ketones (excluding diaryl/α,β-unsaturated/α-hetero) is 1. The molecule has 1 aliphatic heterocycles. The lowest BCUT2D eigenvalue weighted by Gasteiger charge is -2.03. The third-order valence-corrected chi connectivity index (χ3v) is 2.24. The van der Waals surface area contributed by atoms with Crippen molar-refractivity contribution in [2.24, 2.45) is 0 Å². The first-order valence-electron chi connectivity index (χ1n) is 5.20. The molecule has 4 nitrogen and oxygen atoms in total. The SMILES string of the molecule is CC(=O)C(C#N)=Cc1cccc(OC2CO2)c1. The van der Waals surface area contributed by atoms with Crippen LogP contribution >= 0.6 is 0 Å². The van der Waals surface area contributed by atoms with Crippen LogP contribution in [0.3, 0.4) is 0 Å². The Morgan fingerprint density at radius 1 is 1.65 bits per heavy atom. The maximum Gasteiger partial charge on any atom is 0.223 e. The second-order valence-electron chi connectivity index (χ2n) is 3.68. The van der Waals surface area contributed by atoms with Gasteiger partial charge in [0.15, 0.2) is 5.78 Å². The zero-order chi connectivity index (χ0) is 12.3. The van der Waals surface area contributed by atoms with Gasteiger partial charge in [0.2, 0.25) is 6.29 Å². The summed E-state index contributed by atoms with van der Waals surface area (Å²) >= 11 is 0. The van der Waals surface area contributed by atoms with Gasteiger partial charge < -0.3 is 9.47 Å². The van der Waals surface area contributed by atoms with Crippen molar-refractivity contribution in [3.05, 3.63) is 35.4 Å². The Hall–Kier alpha value is -2.12. The monoisotopic (exact) mass is 229 g/mol. The quantitative estimate of drug-likeness (QED) is 0.449. The van der Waals surface area contributed by atoms with E-state index in [1.54, 1.807) is 30.3 Å². The Labute approximate surface area is 99.1 Å². The van der Waals surface area contributed by atoms with Gasteiger partial charge in [-0.3, -0.25) is 4.79 Å². The fourth-order valence-electron chi connectivity index (χ4n) is 1.32. The van der Waals surface area contributed by atoms with Crippen molar-refractivity contribution in [2.45, 2.75) is 13.2 Å². The summed E-state index contributed by atoms with van der Waals surface area (Å²) in [6, 6.07) is 9.05. The number of hydrogen-bond acceptors (Lipinski definition) is 4. The maximum absolute atomic E-state index is 11.1. The van der Waals surface area contributed by atoms with E-state index in [0.717, 1.165) is 5.56 Å². The number of ketones is 1. The molecular formula is C13H11NO3. The molecular weight excluding hydrogens is 218 g/mol. The van der Waals surface area contributed by atoms with Gasteiger partial charge in [-0.1, -0.05) is 12.1 Å². The van der Waals surface area contributed by atoms with E-state index in [0.29, 0.717) is 12.4 Å². The van der Waals surface area contributed by atoms with Crippen LogP contribution in [-0.2, 0) is 9.53 Å². The van der Waals surface area contributed by atoms with Crippen LogP contribution in [-0.4, -0.2) is 18.7 Å². The van der Waals surface area contributed by atoms with E-state index in [1.165, 1.54) is 6.92 Å². The minimum absolute atomic E-state index is 0.129. The highest BCUT2D eigenvalue weighted by Gasteiger charge is 2.24. The second-order valence-corrected chi connectivity index (χ2v) is 3.68. The van der Waals surface area contributed by atoms with E-state index in [2.05, 4.69) is 0 Å². The lowest BCUT2D eigenvalue weighted by molar-refractivity contribution is -0.113. The fraction of sp³-hybridized carbons (Fsp3) is 0.231. The van der Waals surface area contributed by atoms with Gasteiger partial charge in [-0.15, -0.1) is 0 Å². The Balaban J connectivity index is 2.20. The van der Waals surface area contributed by atoms with Crippen LogP contribution in [0.2, 0.25) is 0 Å². The molecule has 86 valence electrons. The number of ether oxygens (including phenoxy) is 2. The molecule has 2 rings (SSSR count). The summed E-state index contributed by atoms with van der Waals surface area (Å²) in [4.78, 5) is 11.1. The molecule has 0 amide bonds. The number of epoxide rings is 1. The van der Waals surface area contributed by atoms with Crippen LogP contribution in [0, 0.1) is 11.3 Å². The highest BCUT2D eigenvalue weighted by atomic mass is 16.8. The molecule has 1 fully saturated rings. The minimum Gasteiger partial charge on any atom is -0.462 e. The molecule has 1 aromatic rings. The van der Waals surface area contributed by atoms with E-state index < -0.39 is 0 Å². The molecule has 1 atom stereocenters. The van der Waals surface area contributed by atoms with Crippen LogP contribution in [0.1, 0.15) is 12.5 Å². The summed E-state index contributed by atoms with van der Waals surface area (Å²) in [7, 11) is 0. The van der Waals surface area contributed by atoms with Gasteiger partial charge >= 0.3 is 0 Å².